The van der Waals surface area contributed by atoms with E-state index in [2.05, 4.69) is 46.2 Å². The predicted molar refractivity (Wildman–Crippen MR) is 131 cm³/mol. The summed E-state index contributed by atoms with van der Waals surface area (Å²) in [5.74, 6) is 1.17. The fourth-order valence-corrected chi connectivity index (χ4v) is 5.01. The molecule has 1 aliphatic rings. The van der Waals surface area contributed by atoms with Gasteiger partial charge in [0.15, 0.2) is 5.13 Å². The number of carbonyl (C=O) groups is 1. The lowest BCUT2D eigenvalue weighted by molar-refractivity contribution is 0.195. The van der Waals surface area contributed by atoms with Crippen LogP contribution >= 0.6 is 22.9 Å². The molecule has 0 bridgehead atoms. The molecule has 0 aliphatic carbocycles. The molecular weight excluding hydrogens is 446 g/mol. The fourth-order valence-electron chi connectivity index (χ4n) is 3.80. The van der Waals surface area contributed by atoms with Gasteiger partial charge >= 0.3 is 6.03 Å². The molecule has 3 heterocycles. The number of nitrogens with one attached hydrogen (secondary N) is 1. The van der Waals surface area contributed by atoms with Crippen molar-refractivity contribution in [2.75, 3.05) is 36.4 Å². The lowest BCUT2D eigenvalue weighted by Crippen LogP contribution is -2.50. The van der Waals surface area contributed by atoms with Gasteiger partial charge in [-0.05, 0) is 48.6 Å². The van der Waals surface area contributed by atoms with Crippen molar-refractivity contribution in [3.63, 3.8) is 0 Å². The van der Waals surface area contributed by atoms with Crippen LogP contribution in [0.15, 0.2) is 30.5 Å². The maximum atomic E-state index is 12.8. The molecule has 0 saturated carbocycles. The van der Waals surface area contributed by atoms with Gasteiger partial charge in [0, 0.05) is 32.4 Å². The number of thiazole rings is 1. The Hall–Kier alpha value is -2.42. The average molecular weight is 474 g/mol. The second-order valence-electron chi connectivity index (χ2n) is 8.51. The van der Waals surface area contributed by atoms with Crippen LogP contribution in [0.2, 0.25) is 5.02 Å². The van der Waals surface area contributed by atoms with Crippen LogP contribution in [-0.4, -0.2) is 58.3 Å². The van der Waals surface area contributed by atoms with Gasteiger partial charge in [-0.3, -0.25) is 5.32 Å². The van der Waals surface area contributed by atoms with Gasteiger partial charge in [-0.2, -0.15) is 0 Å². The summed E-state index contributed by atoms with van der Waals surface area (Å²) in [5, 5.41) is 13.7. The SMILES string of the molecule is CC(O)Cc1cnc(N2CCN(C(=O)Nc3nc4ccc(C(C)C)cc4s3)CC2)c(Cl)c1. The lowest BCUT2D eigenvalue weighted by Gasteiger charge is -2.35. The number of urea groups is 1. The number of piperazine rings is 1. The summed E-state index contributed by atoms with van der Waals surface area (Å²) in [4.78, 5) is 25.7. The highest BCUT2D eigenvalue weighted by atomic mass is 35.5. The summed E-state index contributed by atoms with van der Waals surface area (Å²) in [6, 6.07) is 7.97. The summed E-state index contributed by atoms with van der Waals surface area (Å²) in [6.45, 7) is 8.50. The Balaban J connectivity index is 1.36. The number of rotatable bonds is 5. The quantitative estimate of drug-likeness (QED) is 0.559. The third-order valence-corrected chi connectivity index (χ3v) is 6.78. The van der Waals surface area contributed by atoms with Crippen LogP contribution in [0.3, 0.4) is 0 Å². The first kappa shape index (κ1) is 22.8. The van der Waals surface area contributed by atoms with E-state index < -0.39 is 6.10 Å². The number of aromatic nitrogens is 2. The number of fused-ring (bicyclic) bond motifs is 1. The van der Waals surface area contributed by atoms with Gasteiger partial charge in [0.05, 0.1) is 21.3 Å². The molecular formula is C23H28ClN5O2S. The minimum absolute atomic E-state index is 0.140. The highest BCUT2D eigenvalue weighted by Crippen LogP contribution is 2.30. The second-order valence-corrected chi connectivity index (χ2v) is 9.95. The molecule has 1 atom stereocenters. The Kier molecular flexibility index (Phi) is 6.83. The van der Waals surface area contributed by atoms with Crippen LogP contribution in [0, 0.1) is 0 Å². The maximum Gasteiger partial charge on any atom is 0.323 e. The van der Waals surface area contributed by atoms with Gasteiger partial charge in [-0.1, -0.05) is 42.9 Å². The largest absolute Gasteiger partial charge is 0.393 e. The van der Waals surface area contributed by atoms with E-state index in [1.165, 1.54) is 16.9 Å². The summed E-state index contributed by atoms with van der Waals surface area (Å²) < 4.78 is 1.08. The van der Waals surface area contributed by atoms with Crippen LogP contribution in [0.5, 0.6) is 0 Å². The van der Waals surface area contributed by atoms with Gasteiger partial charge in [0.2, 0.25) is 0 Å². The van der Waals surface area contributed by atoms with Crippen LogP contribution in [-0.2, 0) is 6.42 Å². The molecule has 1 aliphatic heterocycles. The highest BCUT2D eigenvalue weighted by molar-refractivity contribution is 7.22. The fraction of sp³-hybridized carbons (Fsp3) is 0.435. The molecule has 0 radical (unpaired) electrons. The van der Waals surface area contributed by atoms with E-state index in [4.69, 9.17) is 11.6 Å². The molecule has 4 rings (SSSR count). The summed E-state index contributed by atoms with van der Waals surface area (Å²) in [6.07, 6.45) is 1.84. The van der Waals surface area contributed by atoms with Gasteiger partial charge in [-0.15, -0.1) is 0 Å². The van der Waals surface area contributed by atoms with Gasteiger partial charge < -0.3 is 14.9 Å². The predicted octanol–water partition coefficient (Wildman–Crippen LogP) is 4.75. The number of amides is 2. The van der Waals surface area contributed by atoms with Crippen LogP contribution < -0.4 is 10.2 Å². The highest BCUT2D eigenvalue weighted by Gasteiger charge is 2.24. The van der Waals surface area contributed by atoms with Crippen molar-refractivity contribution in [1.82, 2.24) is 14.9 Å². The minimum Gasteiger partial charge on any atom is -0.393 e. The van der Waals surface area contributed by atoms with Crippen molar-refractivity contribution in [2.45, 2.75) is 39.2 Å². The van der Waals surface area contributed by atoms with Crippen LogP contribution in [0.1, 0.15) is 37.8 Å². The second kappa shape index (κ2) is 9.60. The number of halogens is 1. The number of aliphatic hydroxyl groups is 1. The van der Waals surface area contributed by atoms with Crippen molar-refractivity contribution in [3.05, 3.63) is 46.6 Å². The van der Waals surface area contributed by atoms with E-state index in [-0.39, 0.29) is 6.03 Å². The molecule has 9 heteroatoms. The third kappa shape index (κ3) is 5.14. The number of hydrogen-bond donors (Lipinski definition) is 2. The van der Waals surface area contributed by atoms with E-state index >= 15 is 0 Å². The van der Waals surface area contributed by atoms with Crippen molar-refractivity contribution in [3.8, 4) is 0 Å². The molecule has 1 saturated heterocycles. The summed E-state index contributed by atoms with van der Waals surface area (Å²) in [5.41, 5.74) is 3.07. The molecule has 2 amide bonds. The summed E-state index contributed by atoms with van der Waals surface area (Å²) >= 11 is 7.94. The summed E-state index contributed by atoms with van der Waals surface area (Å²) in [7, 11) is 0. The van der Waals surface area contributed by atoms with E-state index in [1.807, 2.05) is 12.1 Å². The number of anilines is 2. The number of carbonyl (C=O) groups excluding carboxylic acids is 1. The van der Waals surface area contributed by atoms with Crippen molar-refractivity contribution in [2.24, 2.45) is 0 Å². The molecule has 32 heavy (non-hydrogen) atoms. The zero-order valence-electron chi connectivity index (χ0n) is 18.5. The molecule has 3 aromatic rings. The van der Waals surface area contributed by atoms with E-state index in [9.17, 15) is 9.90 Å². The van der Waals surface area contributed by atoms with Gasteiger partial charge in [-0.25, -0.2) is 14.8 Å². The lowest BCUT2D eigenvalue weighted by atomic mass is 10.0. The van der Waals surface area contributed by atoms with Gasteiger partial charge in [0.1, 0.15) is 5.82 Å². The first-order valence-corrected chi connectivity index (χ1v) is 12.0. The Morgan fingerprint density at radius 2 is 1.97 bits per heavy atom. The van der Waals surface area contributed by atoms with Gasteiger partial charge in [0.25, 0.3) is 0 Å². The molecule has 1 fully saturated rings. The Labute approximate surface area is 197 Å². The third-order valence-electron chi connectivity index (χ3n) is 5.57. The van der Waals surface area contributed by atoms with Crippen molar-refractivity contribution >= 4 is 50.1 Å². The Morgan fingerprint density at radius 3 is 2.62 bits per heavy atom. The van der Waals surface area contributed by atoms with E-state index in [1.54, 1.807) is 18.0 Å². The number of hydrogen-bond acceptors (Lipinski definition) is 6. The molecule has 0 spiro atoms. The zero-order valence-corrected chi connectivity index (χ0v) is 20.1. The smallest absolute Gasteiger partial charge is 0.323 e. The zero-order chi connectivity index (χ0) is 22.8. The van der Waals surface area contributed by atoms with Crippen LogP contribution in [0.4, 0.5) is 15.7 Å². The topological polar surface area (TPSA) is 81.6 Å². The van der Waals surface area contributed by atoms with Crippen molar-refractivity contribution in [1.29, 1.82) is 0 Å². The molecule has 2 N–H and O–H groups in total. The number of pyridine rings is 1. The van der Waals surface area contributed by atoms with E-state index in [0.717, 1.165) is 15.8 Å². The molecule has 1 unspecified atom stereocenters. The number of nitrogens with zero attached hydrogens (tertiary/aromatic N) is 4. The average Bonchev–Trinajstić information content (AvgIpc) is 3.15. The van der Waals surface area contributed by atoms with Crippen LogP contribution in [0.25, 0.3) is 10.2 Å². The first-order valence-electron chi connectivity index (χ1n) is 10.8. The number of aliphatic hydroxyl groups excluding tert-OH is 1. The molecule has 7 nitrogen and oxygen atoms in total. The standard InChI is InChI=1S/C23H28ClN5O2S/c1-14(2)17-4-5-19-20(12-17)32-22(26-19)27-23(31)29-8-6-28(7-9-29)21-18(24)11-16(13-25-21)10-15(3)30/h4-5,11-15,30H,6-10H2,1-3H3,(H,26,27,31). The maximum absolute atomic E-state index is 12.8. The Bertz CT molecular complexity index is 1110. The van der Waals surface area contributed by atoms with E-state index in [0.29, 0.717) is 54.5 Å². The molecule has 2 aromatic heterocycles. The normalized spacial score (nSPS) is 15.4. The first-order chi connectivity index (χ1) is 15.3. The number of benzene rings is 1. The monoisotopic (exact) mass is 473 g/mol. The van der Waals surface area contributed by atoms with Crippen molar-refractivity contribution < 1.29 is 9.90 Å². The Morgan fingerprint density at radius 1 is 1.22 bits per heavy atom. The molecule has 170 valence electrons. The minimum atomic E-state index is -0.437. The molecule has 1 aromatic carbocycles.